The molecule has 0 aliphatic carbocycles. The van der Waals surface area contributed by atoms with Gasteiger partial charge in [-0.2, -0.15) is 0 Å². The lowest BCUT2D eigenvalue weighted by molar-refractivity contribution is -0.115. The molecule has 2 aromatic rings. The van der Waals surface area contributed by atoms with E-state index < -0.39 is 0 Å². The predicted molar refractivity (Wildman–Crippen MR) is 81.1 cm³/mol. The molecule has 0 aliphatic rings. The maximum atomic E-state index is 11.8. The fourth-order valence-corrected chi connectivity index (χ4v) is 1.91. The van der Waals surface area contributed by atoms with Crippen molar-refractivity contribution < 1.29 is 9.59 Å². The molecule has 2 rings (SSSR count). The van der Waals surface area contributed by atoms with Gasteiger partial charge in [0.15, 0.2) is 0 Å². The number of aryl methyl sites for hydroxylation is 2. The van der Waals surface area contributed by atoms with E-state index in [1.165, 1.54) is 6.20 Å². The van der Waals surface area contributed by atoms with Crippen LogP contribution in [0.25, 0.3) is 0 Å². The predicted octanol–water partition coefficient (Wildman–Crippen LogP) is 2.07. The van der Waals surface area contributed by atoms with E-state index in [9.17, 15) is 9.59 Å². The number of benzene rings is 1. The molecule has 21 heavy (non-hydrogen) atoms. The first-order chi connectivity index (χ1) is 10.1. The largest absolute Gasteiger partial charge is 0.343 e. The summed E-state index contributed by atoms with van der Waals surface area (Å²) in [5.41, 5.74) is 3.30. The molecular formula is C16H17N3O2. The summed E-state index contributed by atoms with van der Waals surface area (Å²) in [6, 6.07) is 9.08. The van der Waals surface area contributed by atoms with Crippen molar-refractivity contribution in [1.82, 2.24) is 10.3 Å². The van der Waals surface area contributed by atoms with Crippen molar-refractivity contribution in [3.8, 4) is 0 Å². The van der Waals surface area contributed by atoms with Crippen LogP contribution in [0.4, 0.5) is 5.69 Å². The van der Waals surface area contributed by atoms with Gasteiger partial charge in [-0.05, 0) is 37.6 Å². The minimum Gasteiger partial charge on any atom is -0.343 e. The molecule has 0 fully saturated rings. The number of anilines is 1. The number of hydrogen-bond acceptors (Lipinski definition) is 3. The van der Waals surface area contributed by atoms with E-state index in [0.717, 1.165) is 16.8 Å². The Hall–Kier alpha value is -2.69. The average Bonchev–Trinajstić information content (AvgIpc) is 2.48. The molecule has 0 aliphatic heterocycles. The van der Waals surface area contributed by atoms with Crippen molar-refractivity contribution in [3.05, 3.63) is 59.4 Å². The lowest BCUT2D eigenvalue weighted by Gasteiger charge is -2.10. The quantitative estimate of drug-likeness (QED) is 0.902. The Morgan fingerprint density at radius 3 is 2.67 bits per heavy atom. The van der Waals surface area contributed by atoms with E-state index in [1.807, 2.05) is 32.0 Å². The van der Waals surface area contributed by atoms with Crippen LogP contribution in [0, 0.1) is 13.8 Å². The third kappa shape index (κ3) is 4.14. The van der Waals surface area contributed by atoms with Crippen molar-refractivity contribution in [3.63, 3.8) is 0 Å². The monoisotopic (exact) mass is 283 g/mol. The molecule has 1 heterocycles. The Balaban J connectivity index is 1.89. The smallest absolute Gasteiger partial charge is 0.253 e. The molecule has 2 amide bonds. The van der Waals surface area contributed by atoms with Gasteiger partial charge < -0.3 is 10.6 Å². The third-order valence-corrected chi connectivity index (χ3v) is 2.99. The van der Waals surface area contributed by atoms with Gasteiger partial charge in [0.25, 0.3) is 5.91 Å². The van der Waals surface area contributed by atoms with Crippen LogP contribution in [0.3, 0.4) is 0 Å². The first kappa shape index (κ1) is 14.7. The van der Waals surface area contributed by atoms with Crippen molar-refractivity contribution in [2.75, 3.05) is 11.9 Å². The summed E-state index contributed by atoms with van der Waals surface area (Å²) in [5.74, 6) is -0.585. The molecular weight excluding hydrogens is 266 g/mol. The SMILES string of the molecule is Cc1ccc(NC(=O)CNC(=O)c2cccnc2)c(C)c1. The summed E-state index contributed by atoms with van der Waals surface area (Å²) in [7, 11) is 0. The zero-order valence-electron chi connectivity index (χ0n) is 12.0. The summed E-state index contributed by atoms with van der Waals surface area (Å²) in [6.45, 7) is 3.84. The average molecular weight is 283 g/mol. The number of nitrogens with one attached hydrogen (secondary N) is 2. The summed E-state index contributed by atoms with van der Waals surface area (Å²) in [5, 5.41) is 5.33. The minimum atomic E-state index is -0.320. The summed E-state index contributed by atoms with van der Waals surface area (Å²) in [4.78, 5) is 27.5. The molecule has 1 aromatic carbocycles. The highest BCUT2D eigenvalue weighted by Crippen LogP contribution is 2.15. The Bertz CT molecular complexity index is 654. The van der Waals surface area contributed by atoms with Crippen molar-refractivity contribution in [1.29, 1.82) is 0 Å². The molecule has 5 heteroatoms. The normalized spacial score (nSPS) is 10.0. The van der Waals surface area contributed by atoms with Crippen LogP contribution >= 0.6 is 0 Å². The zero-order chi connectivity index (χ0) is 15.2. The van der Waals surface area contributed by atoms with Gasteiger partial charge in [-0.3, -0.25) is 14.6 Å². The van der Waals surface area contributed by atoms with E-state index in [2.05, 4.69) is 15.6 Å². The number of nitrogens with zero attached hydrogens (tertiary/aromatic N) is 1. The maximum absolute atomic E-state index is 11.8. The van der Waals surface area contributed by atoms with Crippen LogP contribution in [0.1, 0.15) is 21.5 Å². The molecule has 1 aromatic heterocycles. The number of amides is 2. The topological polar surface area (TPSA) is 71.1 Å². The summed E-state index contributed by atoms with van der Waals surface area (Å²) in [6.07, 6.45) is 3.04. The second kappa shape index (κ2) is 6.65. The number of carbonyl (C=O) groups excluding carboxylic acids is 2. The second-order valence-corrected chi connectivity index (χ2v) is 4.79. The Morgan fingerprint density at radius 2 is 2.00 bits per heavy atom. The van der Waals surface area contributed by atoms with E-state index in [-0.39, 0.29) is 18.4 Å². The standard InChI is InChI=1S/C16H17N3O2/c1-11-5-6-14(12(2)8-11)19-15(20)10-18-16(21)13-4-3-7-17-9-13/h3-9H,10H2,1-2H3,(H,18,21)(H,19,20). The van der Waals surface area contributed by atoms with E-state index in [0.29, 0.717) is 5.56 Å². The maximum Gasteiger partial charge on any atom is 0.253 e. The number of aromatic nitrogens is 1. The highest BCUT2D eigenvalue weighted by atomic mass is 16.2. The molecule has 0 spiro atoms. The van der Waals surface area contributed by atoms with Crippen LogP contribution in [0.2, 0.25) is 0 Å². The Kier molecular flexibility index (Phi) is 4.66. The number of rotatable bonds is 4. The summed E-state index contributed by atoms with van der Waals surface area (Å²) >= 11 is 0. The molecule has 5 nitrogen and oxygen atoms in total. The lowest BCUT2D eigenvalue weighted by Crippen LogP contribution is -2.33. The summed E-state index contributed by atoms with van der Waals surface area (Å²) < 4.78 is 0. The fourth-order valence-electron chi connectivity index (χ4n) is 1.91. The molecule has 0 bridgehead atoms. The van der Waals surface area contributed by atoms with Crippen molar-refractivity contribution in [2.45, 2.75) is 13.8 Å². The van der Waals surface area contributed by atoms with Crippen LogP contribution in [0.15, 0.2) is 42.7 Å². The van der Waals surface area contributed by atoms with Crippen LogP contribution < -0.4 is 10.6 Å². The van der Waals surface area contributed by atoms with E-state index in [4.69, 9.17) is 0 Å². The van der Waals surface area contributed by atoms with E-state index in [1.54, 1.807) is 18.3 Å². The molecule has 0 radical (unpaired) electrons. The Labute approximate surface area is 123 Å². The molecule has 108 valence electrons. The zero-order valence-corrected chi connectivity index (χ0v) is 12.0. The van der Waals surface area contributed by atoms with Crippen LogP contribution in [-0.2, 0) is 4.79 Å². The number of carbonyl (C=O) groups is 2. The van der Waals surface area contributed by atoms with Gasteiger partial charge in [0, 0.05) is 18.1 Å². The highest BCUT2D eigenvalue weighted by molar-refractivity contribution is 5.99. The second-order valence-electron chi connectivity index (χ2n) is 4.79. The molecule has 2 N–H and O–H groups in total. The van der Waals surface area contributed by atoms with Gasteiger partial charge in [0.1, 0.15) is 0 Å². The van der Waals surface area contributed by atoms with Crippen molar-refractivity contribution in [2.24, 2.45) is 0 Å². The third-order valence-electron chi connectivity index (χ3n) is 2.99. The highest BCUT2D eigenvalue weighted by Gasteiger charge is 2.09. The van der Waals surface area contributed by atoms with E-state index >= 15 is 0 Å². The van der Waals surface area contributed by atoms with Gasteiger partial charge in [0.05, 0.1) is 12.1 Å². The minimum absolute atomic E-state index is 0.0823. The van der Waals surface area contributed by atoms with Gasteiger partial charge in [-0.25, -0.2) is 0 Å². The van der Waals surface area contributed by atoms with Gasteiger partial charge >= 0.3 is 0 Å². The van der Waals surface area contributed by atoms with Crippen LogP contribution in [-0.4, -0.2) is 23.3 Å². The number of hydrogen-bond donors (Lipinski definition) is 2. The molecule has 0 saturated carbocycles. The van der Waals surface area contributed by atoms with Gasteiger partial charge in [0.2, 0.25) is 5.91 Å². The van der Waals surface area contributed by atoms with Gasteiger partial charge in [-0.1, -0.05) is 17.7 Å². The Morgan fingerprint density at radius 1 is 1.19 bits per heavy atom. The molecule has 0 atom stereocenters. The lowest BCUT2D eigenvalue weighted by atomic mass is 10.1. The van der Waals surface area contributed by atoms with Gasteiger partial charge in [-0.15, -0.1) is 0 Å². The first-order valence-corrected chi connectivity index (χ1v) is 6.61. The first-order valence-electron chi connectivity index (χ1n) is 6.61. The number of pyridine rings is 1. The molecule has 0 saturated heterocycles. The fraction of sp³-hybridized carbons (Fsp3) is 0.188. The molecule has 0 unspecified atom stereocenters. The van der Waals surface area contributed by atoms with Crippen molar-refractivity contribution >= 4 is 17.5 Å². The van der Waals surface area contributed by atoms with Crippen LogP contribution in [0.5, 0.6) is 0 Å².